The molecule has 1 heterocycles. The largest absolute Gasteiger partial charge is 0.507 e. The molecule has 1 aliphatic rings. The Morgan fingerprint density at radius 3 is 1.97 bits per heavy atom. The molecular weight excluding hydrogens is 456 g/mol. The normalized spacial score (nSPS) is 13.4. The number of carbonyl (C=O) groups is 3. The first-order valence-corrected chi connectivity index (χ1v) is 11.2. The van der Waals surface area contributed by atoms with Crippen LogP contribution < -0.4 is 4.74 Å². The number of nitrogens with zero attached hydrogens (tertiary/aromatic N) is 2. The van der Waals surface area contributed by atoms with E-state index in [4.69, 9.17) is 16.3 Å². The number of phenols is 1. The third kappa shape index (κ3) is 5.38. The molecule has 1 fully saturated rings. The van der Waals surface area contributed by atoms with Crippen molar-refractivity contribution in [2.45, 2.75) is 0 Å². The monoisotopic (exact) mass is 478 g/mol. The van der Waals surface area contributed by atoms with Crippen LogP contribution in [0.5, 0.6) is 11.5 Å². The Bertz CT molecular complexity index is 1190. The van der Waals surface area contributed by atoms with Crippen molar-refractivity contribution in [2.24, 2.45) is 0 Å². The van der Waals surface area contributed by atoms with E-state index in [1.165, 1.54) is 6.07 Å². The third-order valence-corrected chi connectivity index (χ3v) is 5.89. The van der Waals surface area contributed by atoms with Gasteiger partial charge >= 0.3 is 0 Å². The molecule has 7 nitrogen and oxygen atoms in total. The minimum Gasteiger partial charge on any atom is -0.507 e. The van der Waals surface area contributed by atoms with Crippen LogP contribution >= 0.6 is 11.6 Å². The average molecular weight is 479 g/mol. The zero-order chi connectivity index (χ0) is 24.1. The van der Waals surface area contributed by atoms with Gasteiger partial charge in [0.2, 0.25) is 0 Å². The minimum absolute atomic E-state index is 0.0553. The van der Waals surface area contributed by atoms with Crippen molar-refractivity contribution in [2.75, 3.05) is 32.8 Å². The number of hydrogen-bond donors (Lipinski definition) is 1. The quantitative estimate of drug-likeness (QED) is 0.546. The first kappa shape index (κ1) is 23.3. The van der Waals surface area contributed by atoms with Crippen LogP contribution in [0.3, 0.4) is 0 Å². The number of ketones is 1. The zero-order valence-electron chi connectivity index (χ0n) is 18.3. The number of carbonyl (C=O) groups excluding carboxylic acids is 3. The number of rotatable bonds is 6. The van der Waals surface area contributed by atoms with E-state index in [-0.39, 0.29) is 35.5 Å². The van der Waals surface area contributed by atoms with Gasteiger partial charge in [0.15, 0.2) is 12.4 Å². The molecule has 1 saturated heterocycles. The Kier molecular flexibility index (Phi) is 7.13. The summed E-state index contributed by atoms with van der Waals surface area (Å²) in [6.07, 6.45) is 0. The Morgan fingerprint density at radius 2 is 1.35 bits per heavy atom. The summed E-state index contributed by atoms with van der Waals surface area (Å²) in [5.74, 6) is -0.143. The molecule has 0 unspecified atom stereocenters. The Morgan fingerprint density at radius 1 is 0.794 bits per heavy atom. The van der Waals surface area contributed by atoms with Gasteiger partial charge in [0.1, 0.15) is 11.5 Å². The van der Waals surface area contributed by atoms with Gasteiger partial charge in [0.05, 0.1) is 5.56 Å². The summed E-state index contributed by atoms with van der Waals surface area (Å²) in [5, 5.41) is 10.5. The second-order valence-electron chi connectivity index (χ2n) is 7.84. The predicted octanol–water partition coefficient (Wildman–Crippen LogP) is 3.64. The maximum Gasteiger partial charge on any atom is 0.260 e. The van der Waals surface area contributed by atoms with E-state index in [1.54, 1.807) is 76.5 Å². The molecular formula is C26H23ClN2O5. The number of aromatic hydroxyl groups is 1. The molecule has 34 heavy (non-hydrogen) atoms. The van der Waals surface area contributed by atoms with Crippen LogP contribution in [0.4, 0.5) is 0 Å². The highest BCUT2D eigenvalue weighted by molar-refractivity contribution is 6.30. The van der Waals surface area contributed by atoms with E-state index >= 15 is 0 Å². The van der Waals surface area contributed by atoms with Crippen LogP contribution in [0, 0.1) is 0 Å². The summed E-state index contributed by atoms with van der Waals surface area (Å²) in [6, 6.07) is 19.7. The summed E-state index contributed by atoms with van der Waals surface area (Å²) < 4.78 is 5.60. The molecule has 0 spiro atoms. The summed E-state index contributed by atoms with van der Waals surface area (Å²) in [5.41, 5.74) is 1.29. The number of phenolic OH excluding ortho intramolecular Hbond substituents is 1. The summed E-state index contributed by atoms with van der Waals surface area (Å²) in [4.78, 5) is 41.0. The highest BCUT2D eigenvalue weighted by Crippen LogP contribution is 2.20. The number of para-hydroxylation sites is 1. The van der Waals surface area contributed by atoms with Gasteiger partial charge in [-0.3, -0.25) is 14.4 Å². The number of benzene rings is 3. The van der Waals surface area contributed by atoms with Crippen molar-refractivity contribution in [3.8, 4) is 11.5 Å². The summed E-state index contributed by atoms with van der Waals surface area (Å²) in [7, 11) is 0. The highest BCUT2D eigenvalue weighted by atomic mass is 35.5. The predicted molar refractivity (Wildman–Crippen MR) is 127 cm³/mol. The van der Waals surface area contributed by atoms with Crippen molar-refractivity contribution in [1.82, 2.24) is 9.80 Å². The molecule has 0 radical (unpaired) electrons. The first-order valence-electron chi connectivity index (χ1n) is 10.8. The molecule has 0 atom stereocenters. The highest BCUT2D eigenvalue weighted by Gasteiger charge is 2.26. The van der Waals surface area contributed by atoms with E-state index in [2.05, 4.69) is 0 Å². The molecule has 3 aromatic rings. The Labute approximate surface area is 202 Å². The smallest absolute Gasteiger partial charge is 0.260 e. The molecule has 1 N–H and O–H groups in total. The van der Waals surface area contributed by atoms with Crippen molar-refractivity contribution in [3.05, 3.63) is 94.5 Å². The minimum atomic E-state index is -0.255. The lowest BCUT2D eigenvalue weighted by Crippen LogP contribution is -2.51. The molecule has 174 valence electrons. The van der Waals surface area contributed by atoms with E-state index in [0.29, 0.717) is 48.1 Å². The second-order valence-corrected chi connectivity index (χ2v) is 8.28. The Hall–Kier alpha value is -3.84. The molecule has 4 rings (SSSR count). The van der Waals surface area contributed by atoms with E-state index < -0.39 is 0 Å². The summed E-state index contributed by atoms with van der Waals surface area (Å²) >= 11 is 5.87. The molecule has 2 amide bonds. The average Bonchev–Trinajstić information content (AvgIpc) is 2.87. The lowest BCUT2D eigenvalue weighted by molar-refractivity contribution is -0.134. The molecule has 0 aromatic heterocycles. The SMILES string of the molecule is O=C(c1ccc(Cl)cc1)c1ccc(OCC(=O)N2CCN(C(=O)c3ccccc3O)CC2)cc1. The van der Waals surface area contributed by atoms with Gasteiger partial charge in [-0.15, -0.1) is 0 Å². The topological polar surface area (TPSA) is 87.2 Å². The fourth-order valence-corrected chi connectivity index (χ4v) is 3.82. The maximum absolute atomic E-state index is 12.6. The fraction of sp³-hybridized carbons (Fsp3) is 0.192. The second kappa shape index (κ2) is 10.4. The zero-order valence-corrected chi connectivity index (χ0v) is 19.1. The number of amides is 2. The number of ether oxygens (including phenoxy) is 1. The van der Waals surface area contributed by atoms with Gasteiger partial charge in [-0.1, -0.05) is 23.7 Å². The number of piperazine rings is 1. The van der Waals surface area contributed by atoms with Gasteiger partial charge in [0, 0.05) is 42.3 Å². The van der Waals surface area contributed by atoms with Gasteiger partial charge in [-0.2, -0.15) is 0 Å². The van der Waals surface area contributed by atoms with Crippen LogP contribution in [0.25, 0.3) is 0 Å². The van der Waals surface area contributed by atoms with Crippen LogP contribution in [0.1, 0.15) is 26.3 Å². The first-order chi connectivity index (χ1) is 16.4. The maximum atomic E-state index is 12.6. The molecule has 0 saturated carbocycles. The van der Waals surface area contributed by atoms with E-state index in [1.807, 2.05) is 0 Å². The molecule has 1 aliphatic heterocycles. The van der Waals surface area contributed by atoms with Crippen LogP contribution in [-0.4, -0.2) is 65.3 Å². The molecule has 0 bridgehead atoms. The van der Waals surface area contributed by atoms with Crippen molar-refractivity contribution in [1.29, 1.82) is 0 Å². The molecule has 0 aliphatic carbocycles. The lowest BCUT2D eigenvalue weighted by atomic mass is 10.0. The van der Waals surface area contributed by atoms with E-state index in [0.717, 1.165) is 0 Å². The van der Waals surface area contributed by atoms with Crippen LogP contribution in [0.2, 0.25) is 5.02 Å². The van der Waals surface area contributed by atoms with Gasteiger partial charge in [-0.25, -0.2) is 0 Å². The van der Waals surface area contributed by atoms with Crippen molar-refractivity contribution in [3.63, 3.8) is 0 Å². The molecule has 8 heteroatoms. The lowest BCUT2D eigenvalue weighted by Gasteiger charge is -2.34. The van der Waals surface area contributed by atoms with Crippen LogP contribution in [-0.2, 0) is 4.79 Å². The van der Waals surface area contributed by atoms with Gasteiger partial charge in [0.25, 0.3) is 11.8 Å². The van der Waals surface area contributed by atoms with Gasteiger partial charge in [-0.05, 0) is 60.7 Å². The fourth-order valence-electron chi connectivity index (χ4n) is 3.69. The van der Waals surface area contributed by atoms with Crippen molar-refractivity contribution >= 4 is 29.2 Å². The summed E-state index contributed by atoms with van der Waals surface area (Å²) in [6.45, 7) is 1.38. The molecule has 3 aromatic carbocycles. The third-order valence-electron chi connectivity index (χ3n) is 5.64. The standard InChI is InChI=1S/C26H23ClN2O5/c27-20-9-5-18(6-10-20)25(32)19-7-11-21(12-8-19)34-17-24(31)28-13-15-29(16-14-28)26(33)22-3-1-2-4-23(22)30/h1-12,30H,13-17H2. The number of halogens is 1. The Balaban J connectivity index is 1.26. The van der Waals surface area contributed by atoms with Gasteiger partial charge < -0.3 is 19.6 Å². The number of hydrogen-bond acceptors (Lipinski definition) is 5. The van der Waals surface area contributed by atoms with Crippen LogP contribution in [0.15, 0.2) is 72.8 Å². The van der Waals surface area contributed by atoms with E-state index in [9.17, 15) is 19.5 Å². The van der Waals surface area contributed by atoms with Crippen molar-refractivity contribution < 1.29 is 24.2 Å².